The first-order valence-electron chi connectivity index (χ1n) is 7.64. The summed E-state index contributed by atoms with van der Waals surface area (Å²) in [4.78, 5) is 46.0. The number of esters is 3. The largest absolute Gasteiger partial charge is 0.463 e. The fourth-order valence-corrected chi connectivity index (χ4v) is 3.40. The van der Waals surface area contributed by atoms with Gasteiger partial charge >= 0.3 is 17.9 Å². The highest BCUT2D eigenvalue weighted by Gasteiger charge is 2.60. The lowest BCUT2D eigenvalue weighted by atomic mass is 9.93. The maximum atomic E-state index is 11.7. The third-order valence-electron chi connectivity index (χ3n) is 3.47. The molecule has 1 rings (SSSR count). The van der Waals surface area contributed by atoms with Crippen molar-refractivity contribution < 1.29 is 42.9 Å². The van der Waals surface area contributed by atoms with Gasteiger partial charge in [0.05, 0.1) is 0 Å². The molecule has 1 heterocycles. The molecule has 0 unspecified atom stereocenters. The predicted molar refractivity (Wildman–Crippen MR) is 88.9 cm³/mol. The van der Waals surface area contributed by atoms with Gasteiger partial charge in [-0.3, -0.25) is 19.2 Å². The molecule has 10 nitrogen and oxygen atoms in total. The Labute approximate surface area is 158 Å². The van der Waals surface area contributed by atoms with Gasteiger partial charge in [0.25, 0.3) is 0 Å². The van der Waals surface area contributed by atoms with Gasteiger partial charge in [0.2, 0.25) is 11.6 Å². The number of hydrogen-bond donors (Lipinski definition) is 1. The van der Waals surface area contributed by atoms with Gasteiger partial charge in [-0.1, -0.05) is 15.9 Å². The van der Waals surface area contributed by atoms with E-state index < -0.39 is 52.9 Å². The lowest BCUT2D eigenvalue weighted by Gasteiger charge is -2.50. The normalized spacial score (nSPS) is 30.8. The Kier molecular flexibility index (Phi) is 7.97. The van der Waals surface area contributed by atoms with Crippen LogP contribution in [0.15, 0.2) is 0 Å². The number of hydrogen-bond acceptors (Lipinski definition) is 9. The van der Waals surface area contributed by atoms with Gasteiger partial charge in [-0.25, -0.2) is 0 Å². The number of rotatable bonds is 6. The van der Waals surface area contributed by atoms with Crippen molar-refractivity contribution >= 4 is 39.7 Å². The first kappa shape index (κ1) is 22.3. The Morgan fingerprint density at radius 2 is 1.62 bits per heavy atom. The molecule has 1 N–H and O–H groups in total. The number of alkyl halides is 1. The molecular weight excluding hydrogens is 418 g/mol. The van der Waals surface area contributed by atoms with Gasteiger partial charge in [-0.15, -0.1) is 0 Å². The number of ether oxygens (including phenoxy) is 5. The molecule has 0 aromatic carbocycles. The van der Waals surface area contributed by atoms with Crippen molar-refractivity contribution in [3.63, 3.8) is 0 Å². The lowest BCUT2D eigenvalue weighted by Crippen LogP contribution is -2.74. The van der Waals surface area contributed by atoms with E-state index in [2.05, 4.69) is 21.2 Å². The van der Waals surface area contributed by atoms with Crippen LogP contribution in [0.4, 0.5) is 0 Å². The molecule has 1 saturated heterocycles. The minimum atomic E-state index is -1.69. The van der Waals surface area contributed by atoms with Crippen LogP contribution in [0.1, 0.15) is 27.7 Å². The summed E-state index contributed by atoms with van der Waals surface area (Å²) in [5.41, 5.74) is -1.69. The second kappa shape index (κ2) is 9.28. The van der Waals surface area contributed by atoms with E-state index in [4.69, 9.17) is 23.7 Å². The van der Waals surface area contributed by atoms with Crippen LogP contribution in [0.5, 0.6) is 0 Å². The molecule has 1 amide bonds. The second-order valence-corrected chi connectivity index (χ2v) is 6.41. The van der Waals surface area contributed by atoms with Crippen LogP contribution in [-0.4, -0.2) is 66.6 Å². The molecule has 148 valence electrons. The quantitative estimate of drug-likeness (QED) is 0.263. The van der Waals surface area contributed by atoms with E-state index in [1.165, 1.54) is 21.0 Å². The van der Waals surface area contributed by atoms with Gasteiger partial charge in [-0.05, 0) is 0 Å². The zero-order valence-corrected chi connectivity index (χ0v) is 16.7. The van der Waals surface area contributed by atoms with Crippen molar-refractivity contribution in [2.45, 2.75) is 56.7 Å². The van der Waals surface area contributed by atoms with E-state index in [9.17, 15) is 19.2 Å². The van der Waals surface area contributed by atoms with Crippen molar-refractivity contribution in [1.29, 1.82) is 0 Å². The maximum absolute atomic E-state index is 11.7. The molecule has 1 aliphatic heterocycles. The van der Waals surface area contributed by atoms with E-state index in [0.29, 0.717) is 0 Å². The van der Waals surface area contributed by atoms with E-state index in [-0.39, 0.29) is 6.61 Å². The molecule has 1 aliphatic rings. The zero-order valence-electron chi connectivity index (χ0n) is 15.1. The summed E-state index contributed by atoms with van der Waals surface area (Å²) in [5.74, 6) is -2.47. The average Bonchev–Trinajstić information content (AvgIpc) is 2.50. The van der Waals surface area contributed by atoms with Crippen LogP contribution in [-0.2, 0) is 42.9 Å². The molecule has 0 aromatic rings. The van der Waals surface area contributed by atoms with Crippen molar-refractivity contribution in [3.05, 3.63) is 0 Å². The minimum absolute atomic E-state index is 0.271. The predicted octanol–water partition coefficient (Wildman–Crippen LogP) is 0.0115. The van der Waals surface area contributed by atoms with Gasteiger partial charge in [-0.2, -0.15) is 0 Å². The number of carbonyl (C=O) groups is 4. The Hall–Kier alpha value is -1.72. The third kappa shape index (κ3) is 5.39. The summed E-state index contributed by atoms with van der Waals surface area (Å²) in [6.45, 7) is 4.47. The summed E-state index contributed by atoms with van der Waals surface area (Å²) in [6.07, 6.45) is -3.47. The minimum Gasteiger partial charge on any atom is -0.463 e. The van der Waals surface area contributed by atoms with Crippen molar-refractivity contribution in [2.24, 2.45) is 0 Å². The monoisotopic (exact) mass is 439 g/mol. The topological polar surface area (TPSA) is 126 Å². The van der Waals surface area contributed by atoms with E-state index in [1.807, 2.05) is 0 Å². The summed E-state index contributed by atoms with van der Waals surface area (Å²) in [7, 11) is 1.27. The van der Waals surface area contributed by atoms with Gasteiger partial charge in [0.1, 0.15) is 12.7 Å². The van der Waals surface area contributed by atoms with Gasteiger partial charge < -0.3 is 29.0 Å². The molecule has 26 heavy (non-hydrogen) atoms. The first-order valence-corrected chi connectivity index (χ1v) is 8.56. The molecule has 0 spiro atoms. The smallest absolute Gasteiger partial charge is 0.303 e. The SMILES string of the molecule is CO[C@]1(NC(C)=O)[C@@H](Br)O[C@H](COC(C)=O)[C@@H](OC(C)=O)[C@@H]1OC(C)=O. The molecule has 0 aliphatic carbocycles. The molecule has 5 atom stereocenters. The van der Waals surface area contributed by atoms with Gasteiger partial charge in [0.15, 0.2) is 17.2 Å². The van der Waals surface area contributed by atoms with Crippen molar-refractivity contribution in [2.75, 3.05) is 13.7 Å². The number of methoxy groups -OCH3 is 1. The first-order chi connectivity index (χ1) is 12.0. The summed E-state index contributed by atoms with van der Waals surface area (Å²) in [6, 6.07) is 0. The molecule has 0 bridgehead atoms. The van der Waals surface area contributed by atoms with Crippen LogP contribution in [0.25, 0.3) is 0 Å². The number of nitrogens with one attached hydrogen (secondary N) is 1. The average molecular weight is 440 g/mol. The van der Waals surface area contributed by atoms with Crippen LogP contribution >= 0.6 is 15.9 Å². The molecule has 11 heteroatoms. The van der Waals surface area contributed by atoms with E-state index in [1.54, 1.807) is 0 Å². The number of carbonyl (C=O) groups excluding carboxylic acids is 4. The van der Waals surface area contributed by atoms with Crippen LogP contribution in [0.3, 0.4) is 0 Å². The zero-order chi connectivity index (χ0) is 20.1. The van der Waals surface area contributed by atoms with E-state index >= 15 is 0 Å². The molecule has 1 fully saturated rings. The highest BCUT2D eigenvalue weighted by Crippen LogP contribution is 2.37. The van der Waals surface area contributed by atoms with Gasteiger partial charge in [0, 0.05) is 34.8 Å². The van der Waals surface area contributed by atoms with Crippen LogP contribution in [0, 0.1) is 0 Å². The molecular formula is C15H22BrNO9. The Morgan fingerprint density at radius 1 is 1.04 bits per heavy atom. The van der Waals surface area contributed by atoms with Crippen molar-refractivity contribution in [1.82, 2.24) is 5.32 Å². The molecule has 0 radical (unpaired) electrons. The number of amides is 1. The number of halogens is 1. The van der Waals surface area contributed by atoms with Crippen molar-refractivity contribution in [3.8, 4) is 0 Å². The highest BCUT2D eigenvalue weighted by molar-refractivity contribution is 9.09. The molecule has 0 aromatic heterocycles. The second-order valence-electron chi connectivity index (χ2n) is 5.58. The van der Waals surface area contributed by atoms with E-state index in [0.717, 1.165) is 13.8 Å². The maximum Gasteiger partial charge on any atom is 0.303 e. The Morgan fingerprint density at radius 3 is 2.04 bits per heavy atom. The Bertz CT molecular complexity index is 569. The third-order valence-corrected chi connectivity index (χ3v) is 4.37. The van der Waals surface area contributed by atoms with Crippen LogP contribution < -0.4 is 5.32 Å². The lowest BCUT2D eigenvalue weighted by molar-refractivity contribution is -0.277. The molecule has 0 saturated carbocycles. The summed E-state index contributed by atoms with van der Waals surface area (Å²) in [5, 5.41) is 1.52. The summed E-state index contributed by atoms with van der Waals surface area (Å²) < 4.78 is 26.6. The summed E-state index contributed by atoms with van der Waals surface area (Å²) >= 11 is 3.24. The fourth-order valence-electron chi connectivity index (χ4n) is 2.56. The Balaban J connectivity index is 3.35. The standard InChI is InChI=1S/C15H22BrNO9/c1-7(18)17-15(22-5)13(25-10(4)21)12(24-9(3)20)11(26-14(15)16)6-23-8(2)19/h11-14H,6H2,1-5H3,(H,17,18)/t11-,12-,13+,14+,15+/m1/s1. The fraction of sp³-hybridized carbons (Fsp3) is 0.733. The highest BCUT2D eigenvalue weighted by atomic mass is 79.9. The van der Waals surface area contributed by atoms with Crippen LogP contribution in [0.2, 0.25) is 0 Å².